The number of rotatable bonds is 6. The average molecular weight is 278 g/mol. The molecule has 6 nitrogen and oxygen atoms in total. The Morgan fingerprint density at radius 1 is 1.50 bits per heavy atom. The fourth-order valence-electron chi connectivity index (χ4n) is 2.59. The van der Waals surface area contributed by atoms with Crippen LogP contribution in [-0.4, -0.2) is 47.2 Å². The van der Waals surface area contributed by atoms with Crippen LogP contribution in [0, 0.1) is 5.92 Å². The Bertz CT molecular complexity index is 482. The Labute approximate surface area is 119 Å². The first kappa shape index (κ1) is 13.6. The van der Waals surface area contributed by atoms with Crippen molar-refractivity contribution in [1.82, 2.24) is 19.8 Å². The molecule has 110 valence electrons. The van der Waals surface area contributed by atoms with E-state index in [2.05, 4.69) is 19.8 Å². The lowest BCUT2D eigenvalue weighted by Crippen LogP contribution is -2.37. The number of fused-ring (bicyclic) bond motifs is 1. The van der Waals surface area contributed by atoms with Crippen LogP contribution in [0.4, 0.5) is 0 Å². The molecule has 3 rings (SSSR count). The maximum absolute atomic E-state index is 11.7. The molecule has 0 atom stereocenters. The van der Waals surface area contributed by atoms with Gasteiger partial charge in [-0.25, -0.2) is 4.98 Å². The van der Waals surface area contributed by atoms with Gasteiger partial charge in [0.1, 0.15) is 5.82 Å². The zero-order chi connectivity index (χ0) is 13.9. The second-order valence-corrected chi connectivity index (χ2v) is 5.58. The standard InChI is InChI=1S/C14H22N4O2/c1-20-7-6-17-4-5-18-12(8-15-13(18)10-17)9-16-14(19)11-2-3-11/h8,11H,2-7,9-10H2,1H3,(H,16,19). The molecule has 0 bridgehead atoms. The predicted octanol–water partition coefficient (Wildman–Crippen LogP) is 0.371. The fourth-order valence-corrected chi connectivity index (χ4v) is 2.59. The summed E-state index contributed by atoms with van der Waals surface area (Å²) in [6.07, 6.45) is 3.98. The largest absolute Gasteiger partial charge is 0.383 e. The maximum atomic E-state index is 11.7. The van der Waals surface area contributed by atoms with Crippen LogP contribution in [-0.2, 0) is 29.2 Å². The Kier molecular flexibility index (Phi) is 4.03. The topological polar surface area (TPSA) is 59.4 Å². The molecular formula is C14H22N4O2. The Morgan fingerprint density at radius 2 is 2.35 bits per heavy atom. The molecule has 2 heterocycles. The van der Waals surface area contributed by atoms with Gasteiger partial charge in [0.05, 0.1) is 31.6 Å². The number of imidazole rings is 1. The predicted molar refractivity (Wildman–Crippen MR) is 74.0 cm³/mol. The van der Waals surface area contributed by atoms with Gasteiger partial charge in [0, 0.05) is 32.7 Å². The van der Waals surface area contributed by atoms with E-state index in [1.54, 1.807) is 7.11 Å². The number of ether oxygens (including phenoxy) is 1. The van der Waals surface area contributed by atoms with Gasteiger partial charge in [-0.2, -0.15) is 0 Å². The highest BCUT2D eigenvalue weighted by molar-refractivity contribution is 5.80. The van der Waals surface area contributed by atoms with Crippen molar-refractivity contribution in [2.45, 2.75) is 32.5 Å². The molecule has 1 amide bonds. The fraction of sp³-hybridized carbons (Fsp3) is 0.714. The molecule has 1 aromatic rings. The van der Waals surface area contributed by atoms with Crippen LogP contribution in [0.3, 0.4) is 0 Å². The number of carbonyl (C=O) groups excluding carboxylic acids is 1. The zero-order valence-electron chi connectivity index (χ0n) is 12.0. The van der Waals surface area contributed by atoms with Crippen molar-refractivity contribution in [3.8, 4) is 0 Å². The molecule has 1 aliphatic heterocycles. The van der Waals surface area contributed by atoms with Gasteiger partial charge in [0.25, 0.3) is 0 Å². The minimum absolute atomic E-state index is 0.193. The second-order valence-electron chi connectivity index (χ2n) is 5.58. The van der Waals surface area contributed by atoms with Gasteiger partial charge in [0.15, 0.2) is 0 Å². The van der Waals surface area contributed by atoms with Crippen LogP contribution < -0.4 is 5.32 Å². The summed E-state index contributed by atoms with van der Waals surface area (Å²) in [5.41, 5.74) is 1.11. The van der Waals surface area contributed by atoms with Crippen molar-refractivity contribution < 1.29 is 9.53 Å². The van der Waals surface area contributed by atoms with E-state index in [1.807, 2.05) is 6.20 Å². The number of hydrogen-bond donors (Lipinski definition) is 1. The number of nitrogens with one attached hydrogen (secondary N) is 1. The zero-order valence-corrected chi connectivity index (χ0v) is 12.0. The molecule has 0 radical (unpaired) electrons. The Hall–Kier alpha value is -1.40. The van der Waals surface area contributed by atoms with E-state index in [4.69, 9.17) is 4.74 Å². The quantitative estimate of drug-likeness (QED) is 0.817. The number of hydrogen-bond acceptors (Lipinski definition) is 4. The summed E-state index contributed by atoms with van der Waals surface area (Å²) < 4.78 is 7.35. The van der Waals surface area contributed by atoms with Crippen molar-refractivity contribution in [2.24, 2.45) is 5.92 Å². The molecule has 1 aromatic heterocycles. The van der Waals surface area contributed by atoms with Crippen molar-refractivity contribution >= 4 is 5.91 Å². The summed E-state index contributed by atoms with van der Waals surface area (Å²) in [5, 5.41) is 3.01. The molecular weight excluding hydrogens is 256 g/mol. The molecule has 1 N–H and O–H groups in total. The van der Waals surface area contributed by atoms with Crippen molar-refractivity contribution in [1.29, 1.82) is 0 Å². The Balaban J connectivity index is 1.56. The summed E-state index contributed by atoms with van der Waals surface area (Å²) in [6.45, 7) is 5.10. The van der Waals surface area contributed by atoms with E-state index in [-0.39, 0.29) is 11.8 Å². The lowest BCUT2D eigenvalue weighted by Gasteiger charge is -2.28. The molecule has 0 aromatic carbocycles. The van der Waals surface area contributed by atoms with Gasteiger partial charge in [-0.05, 0) is 12.8 Å². The van der Waals surface area contributed by atoms with Crippen molar-refractivity contribution in [2.75, 3.05) is 26.8 Å². The van der Waals surface area contributed by atoms with Crippen LogP contribution in [0.5, 0.6) is 0 Å². The molecule has 20 heavy (non-hydrogen) atoms. The smallest absolute Gasteiger partial charge is 0.223 e. The normalized spacial score (nSPS) is 18.9. The van der Waals surface area contributed by atoms with Gasteiger partial charge < -0.3 is 14.6 Å². The lowest BCUT2D eigenvalue weighted by atomic mass is 10.3. The SMILES string of the molecule is COCCN1CCn2c(CNC(=O)C3CC3)cnc2C1. The number of amides is 1. The minimum atomic E-state index is 0.193. The average Bonchev–Trinajstić information content (AvgIpc) is 3.24. The number of carbonyl (C=O) groups is 1. The summed E-state index contributed by atoms with van der Waals surface area (Å²) in [6, 6.07) is 0. The summed E-state index contributed by atoms with van der Waals surface area (Å²) >= 11 is 0. The van der Waals surface area contributed by atoms with Gasteiger partial charge in [-0.1, -0.05) is 0 Å². The first-order valence-corrected chi connectivity index (χ1v) is 7.30. The molecule has 0 unspecified atom stereocenters. The highest BCUT2D eigenvalue weighted by atomic mass is 16.5. The molecule has 0 saturated heterocycles. The summed E-state index contributed by atoms with van der Waals surface area (Å²) in [4.78, 5) is 18.5. The molecule has 2 aliphatic rings. The van der Waals surface area contributed by atoms with Gasteiger partial charge in [-0.15, -0.1) is 0 Å². The van der Waals surface area contributed by atoms with Crippen LogP contribution >= 0.6 is 0 Å². The molecule has 6 heteroatoms. The van der Waals surface area contributed by atoms with Crippen LogP contribution in [0.2, 0.25) is 0 Å². The Morgan fingerprint density at radius 3 is 3.10 bits per heavy atom. The first-order chi connectivity index (χ1) is 9.78. The second kappa shape index (κ2) is 5.93. The van der Waals surface area contributed by atoms with Crippen molar-refractivity contribution in [3.05, 3.63) is 17.7 Å². The highest BCUT2D eigenvalue weighted by Crippen LogP contribution is 2.28. The molecule has 0 spiro atoms. The molecule has 1 aliphatic carbocycles. The summed E-state index contributed by atoms with van der Waals surface area (Å²) in [5.74, 6) is 1.55. The lowest BCUT2D eigenvalue weighted by molar-refractivity contribution is -0.122. The molecule has 1 saturated carbocycles. The van der Waals surface area contributed by atoms with Crippen LogP contribution in [0.25, 0.3) is 0 Å². The number of methoxy groups -OCH3 is 1. The minimum Gasteiger partial charge on any atom is -0.383 e. The third kappa shape index (κ3) is 3.02. The number of nitrogens with zero attached hydrogens (tertiary/aromatic N) is 3. The number of aromatic nitrogens is 2. The van der Waals surface area contributed by atoms with Crippen LogP contribution in [0.15, 0.2) is 6.20 Å². The van der Waals surface area contributed by atoms with E-state index in [0.29, 0.717) is 6.54 Å². The van der Waals surface area contributed by atoms with Crippen molar-refractivity contribution in [3.63, 3.8) is 0 Å². The third-order valence-corrected chi connectivity index (χ3v) is 4.03. The van der Waals surface area contributed by atoms with Gasteiger partial charge in [-0.3, -0.25) is 9.69 Å². The highest BCUT2D eigenvalue weighted by Gasteiger charge is 2.29. The van der Waals surface area contributed by atoms with E-state index in [9.17, 15) is 4.79 Å². The third-order valence-electron chi connectivity index (χ3n) is 4.03. The first-order valence-electron chi connectivity index (χ1n) is 7.30. The van der Waals surface area contributed by atoms with Crippen LogP contribution in [0.1, 0.15) is 24.4 Å². The van der Waals surface area contributed by atoms with E-state index in [0.717, 1.165) is 57.1 Å². The van der Waals surface area contributed by atoms with Gasteiger partial charge >= 0.3 is 0 Å². The monoisotopic (exact) mass is 278 g/mol. The molecule has 1 fully saturated rings. The van der Waals surface area contributed by atoms with E-state index in [1.165, 1.54) is 0 Å². The van der Waals surface area contributed by atoms with E-state index < -0.39 is 0 Å². The van der Waals surface area contributed by atoms with Gasteiger partial charge in [0.2, 0.25) is 5.91 Å². The maximum Gasteiger partial charge on any atom is 0.223 e. The van der Waals surface area contributed by atoms with E-state index >= 15 is 0 Å². The summed E-state index contributed by atoms with van der Waals surface area (Å²) in [7, 11) is 1.73.